The van der Waals surface area contributed by atoms with E-state index in [4.69, 9.17) is 9.26 Å². The molecule has 108 valence electrons. The Kier molecular flexibility index (Phi) is 5.06. The Bertz CT molecular complexity index is 554. The zero-order valence-electron chi connectivity index (χ0n) is 12.1. The van der Waals surface area contributed by atoms with E-state index in [2.05, 4.69) is 27.4 Å². The van der Waals surface area contributed by atoms with Gasteiger partial charge < -0.3 is 14.6 Å². The number of hydrogen-bond donors (Lipinski definition) is 1. The fourth-order valence-electron chi connectivity index (χ4n) is 1.78. The lowest BCUT2D eigenvalue weighted by molar-refractivity contribution is 0.281. The van der Waals surface area contributed by atoms with E-state index in [0.717, 1.165) is 30.1 Å². The van der Waals surface area contributed by atoms with Gasteiger partial charge in [0, 0.05) is 19.2 Å². The number of pyridine rings is 1. The van der Waals surface area contributed by atoms with E-state index in [9.17, 15) is 0 Å². The van der Waals surface area contributed by atoms with Crippen molar-refractivity contribution < 1.29 is 9.26 Å². The average molecular weight is 276 g/mol. The van der Waals surface area contributed by atoms with Crippen LogP contribution in [0.1, 0.15) is 36.4 Å². The van der Waals surface area contributed by atoms with E-state index < -0.39 is 0 Å². The summed E-state index contributed by atoms with van der Waals surface area (Å²) in [4.78, 5) is 8.62. The Morgan fingerprint density at radius 1 is 1.25 bits per heavy atom. The van der Waals surface area contributed by atoms with Gasteiger partial charge in [0.2, 0.25) is 11.7 Å². The molecule has 0 aromatic carbocycles. The highest BCUT2D eigenvalue weighted by molar-refractivity contribution is 5.29. The molecule has 6 nitrogen and oxygen atoms in total. The molecule has 0 saturated carbocycles. The van der Waals surface area contributed by atoms with Gasteiger partial charge in [-0.3, -0.25) is 4.98 Å². The molecule has 0 atom stereocenters. The van der Waals surface area contributed by atoms with Crippen molar-refractivity contribution in [3.05, 3.63) is 35.2 Å². The third-order valence-electron chi connectivity index (χ3n) is 2.72. The van der Waals surface area contributed by atoms with Crippen LogP contribution in [0.5, 0.6) is 5.75 Å². The maximum atomic E-state index is 5.73. The molecule has 2 aromatic heterocycles. The van der Waals surface area contributed by atoms with Crippen molar-refractivity contribution in [3.8, 4) is 5.75 Å². The molecule has 2 aromatic rings. The van der Waals surface area contributed by atoms with Crippen LogP contribution < -0.4 is 10.1 Å². The summed E-state index contributed by atoms with van der Waals surface area (Å²) in [5.41, 5.74) is 1.87. The molecule has 0 aliphatic rings. The van der Waals surface area contributed by atoms with Crippen LogP contribution in [0.4, 0.5) is 0 Å². The molecular weight excluding hydrogens is 256 g/mol. The van der Waals surface area contributed by atoms with Crippen molar-refractivity contribution >= 4 is 0 Å². The second-order valence-corrected chi connectivity index (χ2v) is 4.59. The first-order valence-corrected chi connectivity index (χ1v) is 6.78. The molecule has 0 unspecified atom stereocenters. The summed E-state index contributed by atoms with van der Waals surface area (Å²) in [5.74, 6) is 1.83. The van der Waals surface area contributed by atoms with E-state index in [0.29, 0.717) is 18.3 Å². The van der Waals surface area contributed by atoms with E-state index in [1.807, 2.05) is 19.1 Å². The summed E-state index contributed by atoms with van der Waals surface area (Å²) in [6.45, 7) is 7.78. The van der Waals surface area contributed by atoms with Crippen LogP contribution in [0.25, 0.3) is 0 Å². The van der Waals surface area contributed by atoms with E-state index in [1.54, 1.807) is 6.92 Å². The minimum absolute atomic E-state index is 0.281. The first kappa shape index (κ1) is 14.5. The third kappa shape index (κ3) is 4.03. The van der Waals surface area contributed by atoms with Crippen LogP contribution in [0.15, 0.2) is 16.7 Å². The van der Waals surface area contributed by atoms with Crippen LogP contribution in [0.2, 0.25) is 0 Å². The quantitative estimate of drug-likeness (QED) is 0.781. The lowest BCUT2D eigenvalue weighted by atomic mass is 10.2. The Morgan fingerprint density at radius 3 is 2.80 bits per heavy atom. The van der Waals surface area contributed by atoms with Crippen LogP contribution in [-0.2, 0) is 13.2 Å². The van der Waals surface area contributed by atoms with Crippen LogP contribution in [0, 0.1) is 13.8 Å². The molecule has 0 fully saturated rings. The molecule has 0 saturated heterocycles. The highest BCUT2D eigenvalue weighted by Gasteiger charge is 2.08. The van der Waals surface area contributed by atoms with Crippen molar-refractivity contribution in [3.63, 3.8) is 0 Å². The van der Waals surface area contributed by atoms with Gasteiger partial charge in [0.05, 0.1) is 5.69 Å². The Morgan fingerprint density at radius 2 is 2.10 bits per heavy atom. The van der Waals surface area contributed by atoms with Gasteiger partial charge in [-0.1, -0.05) is 12.1 Å². The number of aryl methyl sites for hydroxylation is 2. The van der Waals surface area contributed by atoms with Gasteiger partial charge in [0.15, 0.2) is 6.61 Å². The Hall–Kier alpha value is -1.95. The molecule has 0 bridgehead atoms. The summed E-state index contributed by atoms with van der Waals surface area (Å²) in [5, 5.41) is 7.14. The normalized spacial score (nSPS) is 10.8. The van der Waals surface area contributed by atoms with Crippen LogP contribution in [-0.4, -0.2) is 21.7 Å². The molecule has 6 heteroatoms. The fraction of sp³-hybridized carbons (Fsp3) is 0.500. The maximum Gasteiger partial charge on any atom is 0.223 e. The monoisotopic (exact) mass is 276 g/mol. The SMILES string of the molecule is CCCNCc1nc(C)ccc1OCc1noc(C)n1. The third-order valence-corrected chi connectivity index (χ3v) is 2.72. The standard InChI is InChI=1S/C14H20N4O2/c1-4-7-15-8-12-13(6-5-10(2)16-12)19-9-14-17-11(3)20-18-14/h5-6,15H,4,7-9H2,1-3H3. The number of nitrogens with one attached hydrogen (secondary N) is 1. The first-order valence-electron chi connectivity index (χ1n) is 6.78. The van der Waals surface area contributed by atoms with E-state index in [1.165, 1.54) is 0 Å². The number of rotatable bonds is 7. The largest absolute Gasteiger partial charge is 0.484 e. The minimum atomic E-state index is 0.281. The Balaban J connectivity index is 2.01. The van der Waals surface area contributed by atoms with Gasteiger partial charge in [-0.05, 0) is 32.0 Å². The zero-order chi connectivity index (χ0) is 14.4. The van der Waals surface area contributed by atoms with Crippen molar-refractivity contribution in [1.29, 1.82) is 0 Å². The average Bonchev–Trinajstić information content (AvgIpc) is 2.84. The maximum absolute atomic E-state index is 5.73. The number of ether oxygens (including phenoxy) is 1. The second kappa shape index (κ2) is 7.00. The van der Waals surface area contributed by atoms with Gasteiger partial charge >= 0.3 is 0 Å². The highest BCUT2D eigenvalue weighted by Crippen LogP contribution is 2.18. The van der Waals surface area contributed by atoms with Gasteiger partial charge in [-0.15, -0.1) is 0 Å². The number of hydrogen-bond acceptors (Lipinski definition) is 6. The van der Waals surface area contributed by atoms with Crippen molar-refractivity contribution in [1.82, 2.24) is 20.4 Å². The molecule has 0 aliphatic carbocycles. The molecular formula is C14H20N4O2. The highest BCUT2D eigenvalue weighted by atomic mass is 16.5. The molecule has 0 aliphatic heterocycles. The molecule has 0 spiro atoms. The van der Waals surface area contributed by atoms with Crippen molar-refractivity contribution in [2.24, 2.45) is 0 Å². The summed E-state index contributed by atoms with van der Waals surface area (Å²) in [7, 11) is 0. The number of nitrogens with zero attached hydrogens (tertiary/aromatic N) is 3. The Labute approximate surface area is 118 Å². The zero-order valence-corrected chi connectivity index (χ0v) is 12.1. The smallest absolute Gasteiger partial charge is 0.223 e. The fourth-order valence-corrected chi connectivity index (χ4v) is 1.78. The summed E-state index contributed by atoms with van der Waals surface area (Å²) in [6, 6.07) is 3.86. The summed E-state index contributed by atoms with van der Waals surface area (Å²) in [6.07, 6.45) is 1.09. The van der Waals surface area contributed by atoms with Gasteiger partial charge in [0.25, 0.3) is 0 Å². The number of aromatic nitrogens is 3. The van der Waals surface area contributed by atoms with Crippen molar-refractivity contribution in [2.45, 2.75) is 40.3 Å². The molecule has 2 heterocycles. The van der Waals surface area contributed by atoms with E-state index in [-0.39, 0.29) is 6.61 Å². The van der Waals surface area contributed by atoms with Gasteiger partial charge in [0.1, 0.15) is 5.75 Å². The lowest BCUT2D eigenvalue weighted by Gasteiger charge is -2.10. The van der Waals surface area contributed by atoms with E-state index >= 15 is 0 Å². The molecule has 2 rings (SSSR count). The molecule has 0 amide bonds. The van der Waals surface area contributed by atoms with Crippen molar-refractivity contribution in [2.75, 3.05) is 6.54 Å². The topological polar surface area (TPSA) is 73.1 Å². The lowest BCUT2D eigenvalue weighted by Crippen LogP contribution is -2.16. The molecule has 1 N–H and O–H groups in total. The summed E-state index contributed by atoms with van der Waals surface area (Å²) < 4.78 is 10.6. The first-order chi connectivity index (χ1) is 9.69. The predicted molar refractivity (Wildman–Crippen MR) is 74.3 cm³/mol. The minimum Gasteiger partial charge on any atom is -0.484 e. The second-order valence-electron chi connectivity index (χ2n) is 4.59. The molecule has 20 heavy (non-hydrogen) atoms. The van der Waals surface area contributed by atoms with Crippen LogP contribution in [0.3, 0.4) is 0 Å². The van der Waals surface area contributed by atoms with Crippen LogP contribution >= 0.6 is 0 Å². The summed E-state index contributed by atoms with van der Waals surface area (Å²) >= 11 is 0. The molecule has 0 radical (unpaired) electrons. The van der Waals surface area contributed by atoms with Gasteiger partial charge in [-0.25, -0.2) is 0 Å². The van der Waals surface area contributed by atoms with Gasteiger partial charge in [-0.2, -0.15) is 4.98 Å². The predicted octanol–water partition coefficient (Wildman–Crippen LogP) is 2.16.